The predicted octanol–water partition coefficient (Wildman–Crippen LogP) is 2.77. The number of rotatable bonds is 3. The number of nitrogens with one attached hydrogen (secondary N) is 1. The third-order valence-corrected chi connectivity index (χ3v) is 4.35. The smallest absolute Gasteiger partial charge is 0.327 e. The normalized spacial score (nSPS) is 26.2. The molecule has 20 heavy (non-hydrogen) atoms. The van der Waals surface area contributed by atoms with E-state index in [9.17, 15) is 14.5 Å². The van der Waals surface area contributed by atoms with Gasteiger partial charge in [0.2, 0.25) is 5.82 Å². The van der Waals surface area contributed by atoms with Crippen LogP contribution in [0.3, 0.4) is 0 Å². The first-order chi connectivity index (χ1) is 9.65. The van der Waals surface area contributed by atoms with Crippen LogP contribution in [0.5, 0.6) is 0 Å². The first-order valence-electron chi connectivity index (χ1n) is 7.08. The van der Waals surface area contributed by atoms with E-state index in [0.717, 1.165) is 32.0 Å². The molecule has 1 aromatic rings. The standard InChI is InChI=1S/C14H18FN3O2/c15-12-4-1-5-13(14(12)18(19)20)16-10-6-8-17-7-2-3-11(17)9-10/h1,4-5,10-11,16H,2-3,6-9H2. The molecule has 0 bridgehead atoms. The van der Waals surface area contributed by atoms with Gasteiger partial charge >= 0.3 is 5.69 Å². The van der Waals surface area contributed by atoms with Crippen LogP contribution < -0.4 is 5.32 Å². The second-order valence-corrected chi connectivity index (χ2v) is 5.59. The van der Waals surface area contributed by atoms with Gasteiger partial charge in [0, 0.05) is 18.6 Å². The van der Waals surface area contributed by atoms with Crippen LogP contribution in [0.2, 0.25) is 0 Å². The number of nitro benzene ring substituents is 1. The maximum Gasteiger partial charge on any atom is 0.327 e. The number of fused-ring (bicyclic) bond motifs is 1. The lowest BCUT2D eigenvalue weighted by molar-refractivity contribution is -0.386. The molecule has 6 heteroatoms. The van der Waals surface area contributed by atoms with Crippen molar-refractivity contribution in [2.75, 3.05) is 18.4 Å². The van der Waals surface area contributed by atoms with Crippen molar-refractivity contribution < 1.29 is 9.31 Å². The van der Waals surface area contributed by atoms with E-state index < -0.39 is 16.4 Å². The second kappa shape index (κ2) is 5.36. The van der Waals surface area contributed by atoms with E-state index in [0.29, 0.717) is 11.7 Å². The Kier molecular flexibility index (Phi) is 3.56. The summed E-state index contributed by atoms with van der Waals surface area (Å²) in [6.07, 6.45) is 4.36. The Balaban J connectivity index is 1.75. The summed E-state index contributed by atoms with van der Waals surface area (Å²) in [5.41, 5.74) is -0.146. The molecule has 0 spiro atoms. The van der Waals surface area contributed by atoms with E-state index in [1.54, 1.807) is 6.07 Å². The third kappa shape index (κ3) is 2.47. The predicted molar refractivity (Wildman–Crippen MR) is 74.3 cm³/mol. The topological polar surface area (TPSA) is 58.4 Å². The van der Waals surface area contributed by atoms with Crippen LogP contribution in [0.15, 0.2) is 18.2 Å². The van der Waals surface area contributed by atoms with Gasteiger partial charge in [0.05, 0.1) is 4.92 Å². The van der Waals surface area contributed by atoms with Gasteiger partial charge in [0.25, 0.3) is 0 Å². The van der Waals surface area contributed by atoms with E-state index in [-0.39, 0.29) is 6.04 Å². The summed E-state index contributed by atoms with van der Waals surface area (Å²) in [5.74, 6) is -0.779. The highest BCUT2D eigenvalue weighted by Gasteiger charge is 2.32. The van der Waals surface area contributed by atoms with Crippen molar-refractivity contribution in [3.8, 4) is 0 Å². The van der Waals surface area contributed by atoms with E-state index >= 15 is 0 Å². The van der Waals surface area contributed by atoms with Crippen molar-refractivity contribution in [2.24, 2.45) is 0 Å². The van der Waals surface area contributed by atoms with Crippen molar-refractivity contribution in [1.29, 1.82) is 0 Å². The van der Waals surface area contributed by atoms with Crippen molar-refractivity contribution in [3.05, 3.63) is 34.1 Å². The number of hydrogen-bond donors (Lipinski definition) is 1. The second-order valence-electron chi connectivity index (χ2n) is 5.59. The fraction of sp³-hybridized carbons (Fsp3) is 0.571. The van der Waals surface area contributed by atoms with E-state index in [4.69, 9.17) is 0 Å². The highest BCUT2D eigenvalue weighted by atomic mass is 19.1. The van der Waals surface area contributed by atoms with Crippen LogP contribution in [0, 0.1) is 15.9 Å². The number of nitrogens with zero attached hydrogens (tertiary/aromatic N) is 2. The van der Waals surface area contributed by atoms with Gasteiger partial charge in [-0.25, -0.2) is 0 Å². The van der Waals surface area contributed by atoms with Gasteiger partial charge < -0.3 is 10.2 Å². The van der Waals surface area contributed by atoms with Gasteiger partial charge in [0.1, 0.15) is 5.69 Å². The number of piperidine rings is 1. The van der Waals surface area contributed by atoms with Gasteiger partial charge in [-0.05, 0) is 44.4 Å². The Labute approximate surface area is 116 Å². The maximum atomic E-state index is 13.6. The van der Waals surface area contributed by atoms with Crippen molar-refractivity contribution in [3.63, 3.8) is 0 Å². The molecule has 2 aliphatic heterocycles. The number of benzene rings is 1. The van der Waals surface area contributed by atoms with Crippen molar-refractivity contribution >= 4 is 11.4 Å². The average molecular weight is 279 g/mol. The van der Waals surface area contributed by atoms with Gasteiger partial charge in [-0.3, -0.25) is 10.1 Å². The van der Waals surface area contributed by atoms with E-state index in [1.807, 2.05) is 0 Å². The summed E-state index contributed by atoms with van der Waals surface area (Å²) in [5, 5.41) is 14.2. The molecule has 2 fully saturated rings. The summed E-state index contributed by atoms with van der Waals surface area (Å²) in [4.78, 5) is 12.8. The molecule has 0 radical (unpaired) electrons. The Morgan fingerprint density at radius 2 is 2.20 bits per heavy atom. The quantitative estimate of drug-likeness (QED) is 0.682. The lowest BCUT2D eigenvalue weighted by Gasteiger charge is -2.35. The van der Waals surface area contributed by atoms with Gasteiger partial charge in [-0.1, -0.05) is 6.07 Å². The van der Waals surface area contributed by atoms with Crippen LogP contribution in [-0.4, -0.2) is 35.0 Å². The molecule has 1 N–H and O–H groups in total. The largest absolute Gasteiger partial charge is 0.377 e. The van der Waals surface area contributed by atoms with Crippen LogP contribution in [0.4, 0.5) is 15.8 Å². The summed E-state index contributed by atoms with van der Waals surface area (Å²) in [6.45, 7) is 2.18. The molecular weight excluding hydrogens is 261 g/mol. The monoisotopic (exact) mass is 279 g/mol. The molecule has 1 aromatic carbocycles. The molecule has 0 aromatic heterocycles. The lowest BCUT2D eigenvalue weighted by atomic mass is 9.97. The molecule has 2 heterocycles. The fourth-order valence-corrected chi connectivity index (χ4v) is 3.39. The van der Waals surface area contributed by atoms with Crippen LogP contribution >= 0.6 is 0 Å². The van der Waals surface area contributed by atoms with Crippen molar-refractivity contribution in [1.82, 2.24) is 4.90 Å². The maximum absolute atomic E-state index is 13.6. The molecule has 2 saturated heterocycles. The minimum atomic E-state index is -0.779. The van der Waals surface area contributed by atoms with Crippen LogP contribution in [0.1, 0.15) is 25.7 Å². The molecule has 108 valence electrons. The Morgan fingerprint density at radius 3 is 3.00 bits per heavy atom. The molecule has 0 amide bonds. The molecule has 0 aliphatic carbocycles. The summed E-state index contributed by atoms with van der Waals surface area (Å²) >= 11 is 0. The molecule has 5 nitrogen and oxygen atoms in total. The molecule has 2 aliphatic rings. The first kappa shape index (κ1) is 13.3. The first-order valence-corrected chi connectivity index (χ1v) is 7.08. The van der Waals surface area contributed by atoms with E-state index in [1.165, 1.54) is 18.9 Å². The molecule has 2 unspecified atom stereocenters. The number of hydrogen-bond acceptors (Lipinski definition) is 4. The molecular formula is C14H18FN3O2. The SMILES string of the molecule is O=[N+]([O-])c1c(F)cccc1NC1CCN2CCCC2C1. The minimum absolute atomic E-state index is 0.190. The van der Waals surface area contributed by atoms with Gasteiger partial charge in [0.15, 0.2) is 0 Å². The summed E-state index contributed by atoms with van der Waals surface area (Å²) < 4.78 is 13.6. The lowest BCUT2D eigenvalue weighted by Crippen LogP contribution is -2.42. The zero-order valence-electron chi connectivity index (χ0n) is 11.2. The zero-order valence-corrected chi connectivity index (χ0v) is 11.2. The minimum Gasteiger partial charge on any atom is -0.377 e. The molecule has 2 atom stereocenters. The number of nitro groups is 1. The van der Waals surface area contributed by atoms with Crippen molar-refractivity contribution in [2.45, 2.75) is 37.8 Å². The van der Waals surface area contributed by atoms with E-state index in [2.05, 4.69) is 10.2 Å². The molecule has 3 rings (SSSR count). The number of halogens is 1. The van der Waals surface area contributed by atoms with Crippen LogP contribution in [0.25, 0.3) is 0 Å². The Morgan fingerprint density at radius 1 is 1.35 bits per heavy atom. The highest BCUT2D eigenvalue weighted by Crippen LogP contribution is 2.32. The van der Waals surface area contributed by atoms with Gasteiger partial charge in [-0.15, -0.1) is 0 Å². The summed E-state index contributed by atoms with van der Waals surface area (Å²) in [6, 6.07) is 4.99. The van der Waals surface area contributed by atoms with Gasteiger partial charge in [-0.2, -0.15) is 4.39 Å². The highest BCUT2D eigenvalue weighted by molar-refractivity contribution is 5.62. The average Bonchev–Trinajstić information content (AvgIpc) is 2.85. The third-order valence-electron chi connectivity index (χ3n) is 4.35. The zero-order chi connectivity index (χ0) is 14.1. The number of para-hydroxylation sites is 1. The summed E-state index contributed by atoms with van der Waals surface area (Å²) in [7, 11) is 0. The van der Waals surface area contributed by atoms with Crippen LogP contribution in [-0.2, 0) is 0 Å². The molecule has 0 saturated carbocycles. The fourth-order valence-electron chi connectivity index (χ4n) is 3.39. The Hall–Kier alpha value is -1.69. The number of anilines is 1. The Bertz CT molecular complexity index is 523.